The van der Waals surface area contributed by atoms with Crippen LogP contribution in [0.4, 0.5) is 11.4 Å². The summed E-state index contributed by atoms with van der Waals surface area (Å²) >= 11 is 1.44. The summed E-state index contributed by atoms with van der Waals surface area (Å²) in [6.45, 7) is 1.86. The van der Waals surface area contributed by atoms with Gasteiger partial charge in [-0.25, -0.2) is 0 Å². The number of thioether (sulfide) groups is 1. The normalized spacial score (nSPS) is 10.6. The Labute approximate surface area is 119 Å². The molecule has 0 saturated carbocycles. The SMILES string of the molecule is Cc1nnc(SCc2cc([N+](=O)[O-])ccc2NN)n1C. The highest BCUT2D eigenvalue weighted by molar-refractivity contribution is 7.98. The van der Waals surface area contributed by atoms with E-state index in [-0.39, 0.29) is 5.69 Å². The van der Waals surface area contributed by atoms with E-state index in [0.717, 1.165) is 16.5 Å². The van der Waals surface area contributed by atoms with Crippen LogP contribution in [0.25, 0.3) is 0 Å². The molecule has 3 N–H and O–H groups in total. The summed E-state index contributed by atoms with van der Waals surface area (Å²) in [5, 5.41) is 19.5. The predicted octanol–water partition coefficient (Wildman–Crippen LogP) is 1.61. The molecule has 0 radical (unpaired) electrons. The highest BCUT2D eigenvalue weighted by atomic mass is 32.2. The fourth-order valence-electron chi connectivity index (χ4n) is 1.61. The Kier molecular flexibility index (Phi) is 4.20. The van der Waals surface area contributed by atoms with E-state index in [9.17, 15) is 10.1 Å². The van der Waals surface area contributed by atoms with Gasteiger partial charge in [0.2, 0.25) is 0 Å². The Morgan fingerprint density at radius 1 is 1.50 bits per heavy atom. The van der Waals surface area contributed by atoms with Gasteiger partial charge in [-0.2, -0.15) is 0 Å². The number of nitrogen functional groups attached to an aromatic ring is 1. The van der Waals surface area contributed by atoms with E-state index in [1.807, 2.05) is 18.5 Å². The van der Waals surface area contributed by atoms with Gasteiger partial charge in [0.15, 0.2) is 5.16 Å². The van der Waals surface area contributed by atoms with Crippen molar-refractivity contribution in [2.45, 2.75) is 17.8 Å². The van der Waals surface area contributed by atoms with Gasteiger partial charge in [-0.3, -0.25) is 16.0 Å². The van der Waals surface area contributed by atoms with Crippen LogP contribution in [0, 0.1) is 17.0 Å². The van der Waals surface area contributed by atoms with E-state index in [2.05, 4.69) is 15.6 Å². The lowest BCUT2D eigenvalue weighted by Gasteiger charge is -2.08. The molecule has 0 amide bonds. The van der Waals surface area contributed by atoms with E-state index in [1.165, 1.54) is 23.9 Å². The second-order valence-corrected chi connectivity index (χ2v) is 5.06. The number of nitro groups is 1. The van der Waals surface area contributed by atoms with Crippen LogP contribution in [0.2, 0.25) is 0 Å². The van der Waals surface area contributed by atoms with Crippen molar-refractivity contribution in [2.24, 2.45) is 12.9 Å². The van der Waals surface area contributed by atoms with Crippen molar-refractivity contribution in [2.75, 3.05) is 5.43 Å². The molecule has 8 nitrogen and oxygen atoms in total. The molecule has 9 heteroatoms. The Morgan fingerprint density at radius 2 is 2.25 bits per heavy atom. The zero-order valence-corrected chi connectivity index (χ0v) is 11.8. The molecule has 0 unspecified atom stereocenters. The van der Waals surface area contributed by atoms with Crippen molar-refractivity contribution < 1.29 is 4.92 Å². The number of aromatic nitrogens is 3. The minimum Gasteiger partial charge on any atom is -0.324 e. The van der Waals surface area contributed by atoms with Crippen LogP contribution in [0.15, 0.2) is 23.4 Å². The number of nitrogens with one attached hydrogen (secondary N) is 1. The van der Waals surface area contributed by atoms with Gasteiger partial charge in [0.1, 0.15) is 5.82 Å². The maximum absolute atomic E-state index is 10.8. The average Bonchev–Trinajstić information content (AvgIpc) is 2.76. The van der Waals surface area contributed by atoms with Crippen LogP contribution in [-0.2, 0) is 12.8 Å². The molecule has 0 bridgehead atoms. The van der Waals surface area contributed by atoms with Crippen LogP contribution >= 0.6 is 11.8 Å². The highest BCUT2D eigenvalue weighted by Gasteiger charge is 2.12. The molecular weight excluding hydrogens is 280 g/mol. The van der Waals surface area contributed by atoms with E-state index in [0.29, 0.717) is 11.4 Å². The smallest absolute Gasteiger partial charge is 0.269 e. The molecule has 0 atom stereocenters. The van der Waals surface area contributed by atoms with Crippen LogP contribution < -0.4 is 11.3 Å². The third-order valence-electron chi connectivity index (χ3n) is 2.86. The van der Waals surface area contributed by atoms with Crippen molar-refractivity contribution in [1.82, 2.24) is 14.8 Å². The van der Waals surface area contributed by atoms with Gasteiger partial charge in [0.25, 0.3) is 5.69 Å². The minimum absolute atomic E-state index is 0.0359. The Morgan fingerprint density at radius 3 is 2.80 bits per heavy atom. The maximum Gasteiger partial charge on any atom is 0.269 e. The summed E-state index contributed by atoms with van der Waals surface area (Å²) < 4.78 is 1.86. The number of hydrogen-bond acceptors (Lipinski definition) is 7. The lowest BCUT2D eigenvalue weighted by atomic mass is 10.2. The largest absolute Gasteiger partial charge is 0.324 e. The number of benzene rings is 1. The number of nitrogens with zero attached hydrogens (tertiary/aromatic N) is 4. The van der Waals surface area contributed by atoms with Gasteiger partial charge in [-0.05, 0) is 18.6 Å². The van der Waals surface area contributed by atoms with Gasteiger partial charge in [0.05, 0.1) is 10.6 Å². The Bertz CT molecular complexity index is 642. The molecule has 0 aliphatic heterocycles. The van der Waals surface area contributed by atoms with E-state index in [1.54, 1.807) is 6.07 Å². The van der Waals surface area contributed by atoms with E-state index >= 15 is 0 Å². The lowest BCUT2D eigenvalue weighted by Crippen LogP contribution is -2.09. The Balaban J connectivity index is 2.21. The predicted molar refractivity (Wildman–Crippen MR) is 76.2 cm³/mol. The van der Waals surface area contributed by atoms with E-state index in [4.69, 9.17) is 5.84 Å². The fourth-order valence-corrected chi connectivity index (χ4v) is 2.56. The molecule has 20 heavy (non-hydrogen) atoms. The third-order valence-corrected chi connectivity index (χ3v) is 3.93. The molecule has 1 aromatic carbocycles. The van der Waals surface area contributed by atoms with Crippen molar-refractivity contribution in [3.8, 4) is 0 Å². The number of rotatable bonds is 5. The summed E-state index contributed by atoms with van der Waals surface area (Å²) in [7, 11) is 1.87. The Hall–Kier alpha value is -2.13. The second kappa shape index (κ2) is 5.88. The second-order valence-electron chi connectivity index (χ2n) is 4.12. The van der Waals surface area contributed by atoms with Gasteiger partial charge < -0.3 is 9.99 Å². The van der Waals surface area contributed by atoms with Gasteiger partial charge in [-0.1, -0.05) is 11.8 Å². The topological polar surface area (TPSA) is 112 Å². The number of hydrogen-bond donors (Lipinski definition) is 2. The molecule has 1 aromatic heterocycles. The summed E-state index contributed by atoms with van der Waals surface area (Å²) in [5.41, 5.74) is 3.97. The molecular formula is C11H14N6O2S. The van der Waals surface area contributed by atoms with Crippen LogP contribution in [0.3, 0.4) is 0 Å². The van der Waals surface area contributed by atoms with Crippen molar-refractivity contribution in [1.29, 1.82) is 0 Å². The fraction of sp³-hybridized carbons (Fsp3) is 0.273. The average molecular weight is 294 g/mol. The zero-order valence-electron chi connectivity index (χ0n) is 11.0. The van der Waals surface area contributed by atoms with Gasteiger partial charge in [-0.15, -0.1) is 10.2 Å². The minimum atomic E-state index is -0.430. The summed E-state index contributed by atoms with van der Waals surface area (Å²) in [6.07, 6.45) is 0. The number of anilines is 1. The summed E-state index contributed by atoms with van der Waals surface area (Å²) in [6, 6.07) is 4.51. The molecule has 0 aliphatic carbocycles. The number of nitrogens with two attached hydrogens (primary N) is 1. The first-order valence-electron chi connectivity index (χ1n) is 5.75. The number of hydrazine groups is 1. The monoisotopic (exact) mass is 294 g/mol. The van der Waals surface area contributed by atoms with Crippen LogP contribution in [0.5, 0.6) is 0 Å². The molecule has 2 rings (SSSR count). The summed E-state index contributed by atoms with van der Waals surface area (Å²) in [4.78, 5) is 10.4. The highest BCUT2D eigenvalue weighted by Crippen LogP contribution is 2.28. The molecule has 106 valence electrons. The van der Waals surface area contributed by atoms with Crippen molar-refractivity contribution in [3.05, 3.63) is 39.7 Å². The molecule has 0 saturated heterocycles. The standard InChI is InChI=1S/C11H14N6O2S/c1-7-14-15-11(16(7)2)20-6-8-5-9(17(18)19)3-4-10(8)13-12/h3-5,13H,6,12H2,1-2H3. The summed E-state index contributed by atoms with van der Waals surface area (Å²) in [5.74, 6) is 6.73. The number of nitro benzene ring substituents is 1. The third kappa shape index (κ3) is 2.89. The first-order chi connectivity index (χ1) is 9.52. The van der Waals surface area contributed by atoms with E-state index < -0.39 is 4.92 Å². The molecule has 0 aliphatic rings. The molecule has 0 spiro atoms. The zero-order chi connectivity index (χ0) is 14.7. The van der Waals surface area contributed by atoms with Gasteiger partial charge >= 0.3 is 0 Å². The maximum atomic E-state index is 10.8. The first-order valence-corrected chi connectivity index (χ1v) is 6.74. The molecule has 1 heterocycles. The van der Waals surface area contributed by atoms with Crippen LogP contribution in [0.1, 0.15) is 11.4 Å². The number of non-ortho nitro benzene ring substituents is 1. The lowest BCUT2D eigenvalue weighted by molar-refractivity contribution is -0.384. The molecule has 2 aromatic rings. The van der Waals surface area contributed by atoms with Crippen molar-refractivity contribution in [3.63, 3.8) is 0 Å². The van der Waals surface area contributed by atoms with Crippen LogP contribution in [-0.4, -0.2) is 19.7 Å². The first kappa shape index (κ1) is 14.3. The van der Waals surface area contributed by atoms with Crippen molar-refractivity contribution >= 4 is 23.1 Å². The van der Waals surface area contributed by atoms with Gasteiger partial charge in [0, 0.05) is 24.9 Å². The number of aryl methyl sites for hydroxylation is 1. The molecule has 0 fully saturated rings. The quantitative estimate of drug-likeness (QED) is 0.373.